The molecule has 1 heterocycles. The molecule has 0 bridgehead atoms. The molecule has 0 N–H and O–H groups in total. The van der Waals surface area contributed by atoms with Crippen molar-refractivity contribution in [1.29, 1.82) is 0 Å². The molecule has 0 aliphatic carbocycles. The van der Waals surface area contributed by atoms with Crippen molar-refractivity contribution in [3.05, 3.63) is 5.82 Å². The van der Waals surface area contributed by atoms with Crippen LogP contribution in [-0.4, -0.2) is 40.6 Å². The van der Waals surface area contributed by atoms with Crippen LogP contribution in [-0.2, 0) is 9.84 Å². The predicted octanol–water partition coefficient (Wildman–Crippen LogP) is 0.579. The van der Waals surface area contributed by atoms with Gasteiger partial charge in [-0.1, -0.05) is 0 Å². The van der Waals surface area contributed by atoms with Crippen LogP contribution in [0.2, 0.25) is 0 Å². The van der Waals surface area contributed by atoms with Crippen LogP contribution in [0, 0.1) is 0 Å². The van der Waals surface area contributed by atoms with Gasteiger partial charge in [-0.25, -0.2) is 13.1 Å². The fourth-order valence-electron chi connectivity index (χ4n) is 1.29. The highest BCUT2D eigenvalue weighted by molar-refractivity contribution is 7.90. The van der Waals surface area contributed by atoms with E-state index in [0.717, 1.165) is 0 Å². The van der Waals surface area contributed by atoms with Crippen molar-refractivity contribution in [2.45, 2.75) is 25.3 Å². The van der Waals surface area contributed by atoms with Gasteiger partial charge < -0.3 is 0 Å². The van der Waals surface area contributed by atoms with E-state index >= 15 is 0 Å². The van der Waals surface area contributed by atoms with Crippen molar-refractivity contribution in [2.24, 2.45) is 0 Å². The fraction of sp³-hybridized carbons (Fsp3) is 0.857. The maximum absolute atomic E-state index is 11.1. The van der Waals surface area contributed by atoms with E-state index in [9.17, 15) is 8.42 Å². The lowest BCUT2D eigenvalue weighted by molar-refractivity contribution is 0.487. The molecule has 1 aromatic heterocycles. The molecule has 6 nitrogen and oxygen atoms in total. The highest BCUT2D eigenvalue weighted by Gasteiger charge is 2.19. The SMILES string of the molecule is CC(Cl)c1nnnn1C(C)CS(C)(=O)=O. The summed E-state index contributed by atoms with van der Waals surface area (Å²) >= 11 is 5.85. The van der Waals surface area contributed by atoms with Crippen molar-refractivity contribution < 1.29 is 8.42 Å². The van der Waals surface area contributed by atoms with Gasteiger partial charge in [0.25, 0.3) is 0 Å². The third-order valence-electron chi connectivity index (χ3n) is 1.84. The average molecular weight is 253 g/mol. The van der Waals surface area contributed by atoms with E-state index in [1.165, 1.54) is 10.9 Å². The second-order valence-electron chi connectivity index (χ2n) is 3.54. The lowest BCUT2D eigenvalue weighted by atomic mass is 10.3. The van der Waals surface area contributed by atoms with Crippen LogP contribution in [0.4, 0.5) is 0 Å². The van der Waals surface area contributed by atoms with Crippen molar-refractivity contribution >= 4 is 21.4 Å². The molecule has 15 heavy (non-hydrogen) atoms. The summed E-state index contributed by atoms with van der Waals surface area (Å²) < 4.78 is 23.6. The van der Waals surface area contributed by atoms with Crippen LogP contribution < -0.4 is 0 Å². The largest absolute Gasteiger partial charge is 0.229 e. The van der Waals surface area contributed by atoms with E-state index < -0.39 is 9.84 Å². The maximum atomic E-state index is 11.1. The first-order valence-corrected chi connectivity index (χ1v) is 6.90. The second-order valence-corrected chi connectivity index (χ2v) is 6.38. The average Bonchev–Trinajstić information content (AvgIpc) is 2.47. The number of hydrogen-bond acceptors (Lipinski definition) is 5. The molecule has 2 atom stereocenters. The molecule has 1 aromatic rings. The van der Waals surface area contributed by atoms with Gasteiger partial charge in [0.1, 0.15) is 9.84 Å². The molecule has 86 valence electrons. The molecule has 0 aromatic carbocycles. The third-order valence-corrected chi connectivity index (χ3v) is 3.12. The quantitative estimate of drug-likeness (QED) is 0.733. The lowest BCUT2D eigenvalue weighted by Gasteiger charge is -2.12. The monoisotopic (exact) mass is 252 g/mol. The molecular weight excluding hydrogens is 240 g/mol. The standard InChI is InChI=1S/C7H13ClN4O2S/c1-5(4-15(3,13)14)12-7(6(2)8)9-10-11-12/h5-6H,4H2,1-3H3. The number of alkyl halides is 1. The summed E-state index contributed by atoms with van der Waals surface area (Å²) in [5.41, 5.74) is 0. The Morgan fingerprint density at radius 3 is 2.53 bits per heavy atom. The van der Waals surface area contributed by atoms with E-state index in [1.807, 2.05) is 0 Å². The van der Waals surface area contributed by atoms with Crippen LogP contribution in [0.3, 0.4) is 0 Å². The Bertz CT molecular complexity index is 428. The Balaban J connectivity index is 2.91. The van der Waals surface area contributed by atoms with Gasteiger partial charge in [0, 0.05) is 6.26 Å². The van der Waals surface area contributed by atoms with Crippen LogP contribution in [0.1, 0.15) is 31.1 Å². The smallest absolute Gasteiger partial charge is 0.169 e. The molecule has 0 saturated heterocycles. The van der Waals surface area contributed by atoms with Gasteiger partial charge >= 0.3 is 0 Å². The van der Waals surface area contributed by atoms with Crippen molar-refractivity contribution in [3.63, 3.8) is 0 Å². The molecule has 0 aliphatic rings. The van der Waals surface area contributed by atoms with Gasteiger partial charge in [0.05, 0.1) is 17.2 Å². The van der Waals surface area contributed by atoms with Gasteiger partial charge in [-0.3, -0.25) is 0 Å². The van der Waals surface area contributed by atoms with E-state index in [1.54, 1.807) is 13.8 Å². The van der Waals surface area contributed by atoms with Gasteiger partial charge in [0.2, 0.25) is 0 Å². The van der Waals surface area contributed by atoms with Crippen molar-refractivity contribution in [3.8, 4) is 0 Å². The molecule has 0 saturated carbocycles. The molecule has 0 aliphatic heterocycles. The normalized spacial score (nSPS) is 16.3. The number of aromatic nitrogens is 4. The van der Waals surface area contributed by atoms with Gasteiger partial charge in [-0.05, 0) is 24.3 Å². The van der Waals surface area contributed by atoms with Gasteiger partial charge in [0.15, 0.2) is 5.82 Å². The summed E-state index contributed by atoms with van der Waals surface area (Å²) in [6, 6.07) is -0.314. The van der Waals surface area contributed by atoms with Crippen LogP contribution >= 0.6 is 11.6 Å². The number of rotatable bonds is 4. The zero-order valence-corrected chi connectivity index (χ0v) is 10.3. The molecule has 0 radical (unpaired) electrons. The molecule has 8 heteroatoms. The first-order chi connectivity index (χ1) is 6.81. The maximum Gasteiger partial charge on any atom is 0.169 e. The highest BCUT2D eigenvalue weighted by Crippen LogP contribution is 2.19. The summed E-state index contributed by atoms with van der Waals surface area (Å²) in [5.74, 6) is 0.474. The molecule has 2 unspecified atom stereocenters. The number of nitrogens with zero attached hydrogens (tertiary/aromatic N) is 4. The van der Waals surface area contributed by atoms with Crippen molar-refractivity contribution in [2.75, 3.05) is 12.0 Å². The van der Waals surface area contributed by atoms with Crippen LogP contribution in [0.25, 0.3) is 0 Å². The van der Waals surface area contributed by atoms with Crippen LogP contribution in [0.5, 0.6) is 0 Å². The Morgan fingerprint density at radius 1 is 1.47 bits per heavy atom. The van der Waals surface area contributed by atoms with Gasteiger partial charge in [-0.2, -0.15) is 0 Å². The minimum Gasteiger partial charge on any atom is -0.229 e. The third kappa shape index (κ3) is 3.42. The Labute approximate surface area is 93.5 Å². The van der Waals surface area contributed by atoms with Crippen molar-refractivity contribution in [1.82, 2.24) is 20.2 Å². The first kappa shape index (κ1) is 12.4. The lowest BCUT2D eigenvalue weighted by Crippen LogP contribution is -2.20. The van der Waals surface area contributed by atoms with E-state index in [2.05, 4.69) is 15.5 Å². The summed E-state index contributed by atoms with van der Waals surface area (Å²) in [6.07, 6.45) is 1.18. The minimum atomic E-state index is -3.05. The number of hydrogen-bond donors (Lipinski definition) is 0. The van der Waals surface area contributed by atoms with Gasteiger partial charge in [-0.15, -0.1) is 16.7 Å². The topological polar surface area (TPSA) is 77.7 Å². The first-order valence-electron chi connectivity index (χ1n) is 4.41. The number of tetrazole rings is 1. The molecule has 0 fully saturated rings. The predicted molar refractivity (Wildman–Crippen MR) is 56.5 cm³/mol. The number of sulfone groups is 1. The number of halogens is 1. The molecule has 1 rings (SSSR count). The van der Waals surface area contributed by atoms with E-state index in [-0.39, 0.29) is 17.2 Å². The zero-order chi connectivity index (χ0) is 11.6. The summed E-state index contributed by atoms with van der Waals surface area (Å²) in [6.45, 7) is 3.47. The fourth-order valence-corrected chi connectivity index (χ4v) is 2.45. The Morgan fingerprint density at radius 2 is 2.07 bits per heavy atom. The zero-order valence-electron chi connectivity index (χ0n) is 8.75. The minimum absolute atomic E-state index is 0.00531. The molecule has 0 amide bonds. The molecule has 0 spiro atoms. The molecular formula is C7H13ClN4O2S. The van der Waals surface area contributed by atoms with E-state index in [0.29, 0.717) is 5.82 Å². The second kappa shape index (κ2) is 4.44. The summed E-state index contributed by atoms with van der Waals surface area (Å²) in [5, 5.41) is 10.6. The summed E-state index contributed by atoms with van der Waals surface area (Å²) in [4.78, 5) is 0. The summed E-state index contributed by atoms with van der Waals surface area (Å²) in [7, 11) is -3.05. The Hall–Kier alpha value is -0.690. The van der Waals surface area contributed by atoms with E-state index in [4.69, 9.17) is 11.6 Å². The highest BCUT2D eigenvalue weighted by atomic mass is 35.5. The van der Waals surface area contributed by atoms with Crippen LogP contribution in [0.15, 0.2) is 0 Å². The Kier molecular flexibility index (Phi) is 3.67.